The highest BCUT2D eigenvalue weighted by molar-refractivity contribution is 5.83. The van der Waals surface area contributed by atoms with Crippen LogP contribution in [-0.2, 0) is 11.3 Å². The molecule has 1 aliphatic rings. The predicted molar refractivity (Wildman–Crippen MR) is 104 cm³/mol. The van der Waals surface area contributed by atoms with Crippen molar-refractivity contribution in [2.75, 3.05) is 37.7 Å². The fraction of sp³-hybridized carbons (Fsp3) is 0.421. The summed E-state index contributed by atoms with van der Waals surface area (Å²) in [5.74, 6) is 1.47. The Balaban J connectivity index is 1.36. The number of fused-ring (bicyclic) bond motifs is 1. The number of ether oxygens (including phenoxy) is 1. The average molecular weight is 381 g/mol. The summed E-state index contributed by atoms with van der Waals surface area (Å²) < 4.78 is 7.37. The molecule has 1 amide bonds. The van der Waals surface area contributed by atoms with Gasteiger partial charge in [0.2, 0.25) is 0 Å². The first-order valence-electron chi connectivity index (χ1n) is 9.42. The van der Waals surface area contributed by atoms with Crippen LogP contribution in [0.2, 0.25) is 0 Å². The number of benzene rings is 1. The molecule has 0 unspecified atom stereocenters. The third-order valence-electron chi connectivity index (χ3n) is 4.90. The first-order valence-corrected chi connectivity index (χ1v) is 9.42. The molecule has 1 fully saturated rings. The topological polar surface area (TPSA) is 89.3 Å². The van der Waals surface area contributed by atoms with Gasteiger partial charge in [-0.25, -0.2) is 14.6 Å². The first kappa shape index (κ1) is 18.1. The van der Waals surface area contributed by atoms with Gasteiger partial charge in [-0.2, -0.15) is 0 Å². The number of anilines is 1. The standard InChI is InChI=1S/C19H23N7O2/c1-3-26-19-17(22-23-26)18(20-13-21-19)25-10-8-24(9-11-25)16(27)12-28-15-6-4-14(2)5-7-15/h4-7,13H,3,8-12H2,1-2H3. The van der Waals surface area contributed by atoms with Crippen LogP contribution in [0.1, 0.15) is 12.5 Å². The third kappa shape index (κ3) is 3.60. The Labute approximate surface area is 162 Å². The number of aryl methyl sites for hydroxylation is 2. The minimum Gasteiger partial charge on any atom is -0.484 e. The molecule has 2 aromatic heterocycles. The quantitative estimate of drug-likeness (QED) is 0.658. The molecule has 0 aliphatic carbocycles. The van der Waals surface area contributed by atoms with E-state index in [2.05, 4.69) is 25.2 Å². The fourth-order valence-electron chi connectivity index (χ4n) is 3.26. The van der Waals surface area contributed by atoms with Gasteiger partial charge in [-0.15, -0.1) is 5.10 Å². The number of hydrogen-bond donors (Lipinski definition) is 0. The molecule has 9 nitrogen and oxygen atoms in total. The molecule has 0 radical (unpaired) electrons. The largest absolute Gasteiger partial charge is 0.484 e. The maximum absolute atomic E-state index is 12.5. The molecule has 3 aromatic rings. The van der Waals surface area contributed by atoms with Crippen molar-refractivity contribution < 1.29 is 9.53 Å². The summed E-state index contributed by atoms with van der Waals surface area (Å²) in [6.07, 6.45) is 1.54. The Bertz CT molecular complexity index is 962. The summed E-state index contributed by atoms with van der Waals surface area (Å²) in [4.78, 5) is 25.1. The number of aromatic nitrogens is 5. The molecule has 28 heavy (non-hydrogen) atoms. The van der Waals surface area contributed by atoms with Crippen molar-refractivity contribution in [1.29, 1.82) is 0 Å². The zero-order valence-corrected chi connectivity index (χ0v) is 16.1. The molecule has 1 aliphatic heterocycles. The molecule has 0 bridgehead atoms. The summed E-state index contributed by atoms with van der Waals surface area (Å²) in [5, 5.41) is 8.36. The summed E-state index contributed by atoms with van der Waals surface area (Å²) in [6.45, 7) is 7.36. The molecule has 0 spiro atoms. The molecule has 1 saturated heterocycles. The Morgan fingerprint density at radius 2 is 1.86 bits per heavy atom. The van der Waals surface area contributed by atoms with Crippen molar-refractivity contribution >= 4 is 22.9 Å². The van der Waals surface area contributed by atoms with Crippen LogP contribution in [0.5, 0.6) is 5.75 Å². The molecule has 0 N–H and O–H groups in total. The molecule has 4 rings (SSSR count). The van der Waals surface area contributed by atoms with Gasteiger partial charge >= 0.3 is 0 Å². The van der Waals surface area contributed by atoms with Gasteiger partial charge in [0.15, 0.2) is 23.6 Å². The van der Waals surface area contributed by atoms with E-state index in [1.54, 1.807) is 11.0 Å². The highest BCUT2D eigenvalue weighted by Crippen LogP contribution is 2.21. The van der Waals surface area contributed by atoms with E-state index in [0.717, 1.165) is 17.0 Å². The molecular weight excluding hydrogens is 358 g/mol. The number of piperazine rings is 1. The van der Waals surface area contributed by atoms with Crippen molar-refractivity contribution in [3.63, 3.8) is 0 Å². The first-order chi connectivity index (χ1) is 13.7. The molecule has 0 saturated carbocycles. The van der Waals surface area contributed by atoms with Crippen molar-refractivity contribution in [1.82, 2.24) is 29.9 Å². The second-order valence-corrected chi connectivity index (χ2v) is 6.74. The second kappa shape index (κ2) is 7.79. The minimum atomic E-state index is -0.00927. The van der Waals surface area contributed by atoms with Gasteiger partial charge in [-0.1, -0.05) is 22.9 Å². The van der Waals surface area contributed by atoms with Crippen LogP contribution in [0.4, 0.5) is 5.82 Å². The Morgan fingerprint density at radius 1 is 1.11 bits per heavy atom. The number of hydrogen-bond acceptors (Lipinski definition) is 7. The lowest BCUT2D eigenvalue weighted by Gasteiger charge is -2.35. The lowest BCUT2D eigenvalue weighted by molar-refractivity contribution is -0.133. The molecule has 146 valence electrons. The van der Waals surface area contributed by atoms with Gasteiger partial charge in [0.25, 0.3) is 5.91 Å². The fourth-order valence-corrected chi connectivity index (χ4v) is 3.26. The lowest BCUT2D eigenvalue weighted by Crippen LogP contribution is -2.50. The minimum absolute atomic E-state index is 0.00927. The van der Waals surface area contributed by atoms with Gasteiger partial charge in [-0.3, -0.25) is 4.79 Å². The summed E-state index contributed by atoms with van der Waals surface area (Å²) in [7, 11) is 0. The maximum Gasteiger partial charge on any atom is 0.260 e. The van der Waals surface area contributed by atoms with Gasteiger partial charge in [0.05, 0.1) is 0 Å². The monoisotopic (exact) mass is 381 g/mol. The number of rotatable bonds is 5. The lowest BCUT2D eigenvalue weighted by atomic mass is 10.2. The van der Waals surface area contributed by atoms with Crippen LogP contribution < -0.4 is 9.64 Å². The van der Waals surface area contributed by atoms with Crippen LogP contribution in [0, 0.1) is 6.92 Å². The maximum atomic E-state index is 12.5. The van der Waals surface area contributed by atoms with E-state index in [0.29, 0.717) is 44.0 Å². The zero-order chi connectivity index (χ0) is 19.5. The number of amides is 1. The van der Waals surface area contributed by atoms with Crippen molar-refractivity contribution in [2.24, 2.45) is 0 Å². The Kier molecular flexibility index (Phi) is 5.05. The zero-order valence-electron chi connectivity index (χ0n) is 16.1. The number of carbonyl (C=O) groups is 1. The van der Waals surface area contributed by atoms with Crippen LogP contribution in [0.3, 0.4) is 0 Å². The van der Waals surface area contributed by atoms with Gasteiger partial charge < -0.3 is 14.5 Å². The van der Waals surface area contributed by atoms with E-state index in [4.69, 9.17) is 4.74 Å². The van der Waals surface area contributed by atoms with E-state index in [9.17, 15) is 4.79 Å². The van der Waals surface area contributed by atoms with E-state index in [1.807, 2.05) is 43.0 Å². The van der Waals surface area contributed by atoms with Crippen LogP contribution in [-0.4, -0.2) is 68.6 Å². The normalized spacial score (nSPS) is 14.5. The molecule has 3 heterocycles. The average Bonchev–Trinajstić information content (AvgIpc) is 3.16. The molecule has 9 heteroatoms. The Hall–Kier alpha value is -3.23. The van der Waals surface area contributed by atoms with Gasteiger partial charge in [-0.05, 0) is 26.0 Å². The van der Waals surface area contributed by atoms with Crippen LogP contribution in [0.15, 0.2) is 30.6 Å². The molecule has 0 atom stereocenters. The summed E-state index contributed by atoms with van der Waals surface area (Å²) in [6, 6.07) is 7.69. The highest BCUT2D eigenvalue weighted by Gasteiger charge is 2.24. The Morgan fingerprint density at radius 3 is 2.57 bits per heavy atom. The number of carbonyl (C=O) groups excluding carboxylic acids is 1. The smallest absolute Gasteiger partial charge is 0.260 e. The molecule has 1 aromatic carbocycles. The van der Waals surface area contributed by atoms with Crippen LogP contribution in [0.25, 0.3) is 11.2 Å². The third-order valence-corrected chi connectivity index (χ3v) is 4.90. The highest BCUT2D eigenvalue weighted by atomic mass is 16.5. The van der Waals surface area contributed by atoms with E-state index < -0.39 is 0 Å². The SMILES string of the molecule is CCn1nnc2c(N3CCN(C(=O)COc4ccc(C)cc4)CC3)ncnc21. The van der Waals surface area contributed by atoms with E-state index in [1.165, 1.54) is 0 Å². The van der Waals surface area contributed by atoms with Gasteiger partial charge in [0, 0.05) is 32.7 Å². The summed E-state index contributed by atoms with van der Waals surface area (Å²) in [5.41, 5.74) is 2.59. The second-order valence-electron chi connectivity index (χ2n) is 6.74. The number of nitrogens with zero attached hydrogens (tertiary/aromatic N) is 7. The van der Waals surface area contributed by atoms with E-state index in [-0.39, 0.29) is 12.5 Å². The van der Waals surface area contributed by atoms with Crippen molar-refractivity contribution in [2.45, 2.75) is 20.4 Å². The van der Waals surface area contributed by atoms with Crippen molar-refractivity contribution in [3.05, 3.63) is 36.2 Å². The van der Waals surface area contributed by atoms with Gasteiger partial charge in [0.1, 0.15) is 12.1 Å². The summed E-state index contributed by atoms with van der Waals surface area (Å²) >= 11 is 0. The molecular formula is C19H23N7O2. The van der Waals surface area contributed by atoms with E-state index >= 15 is 0 Å². The predicted octanol–water partition coefficient (Wildman–Crippen LogP) is 1.28. The van der Waals surface area contributed by atoms with Crippen molar-refractivity contribution in [3.8, 4) is 5.75 Å². The van der Waals surface area contributed by atoms with Crippen LogP contribution >= 0.6 is 0 Å².